The zero-order valence-corrected chi connectivity index (χ0v) is 20.4. The first-order valence-corrected chi connectivity index (χ1v) is 12.0. The molecule has 13 heteroatoms. The zero-order valence-electron chi connectivity index (χ0n) is 19.6. The monoisotopic (exact) mass is 516 g/mol. The number of thiazole rings is 1. The van der Waals surface area contributed by atoms with Crippen molar-refractivity contribution in [3.63, 3.8) is 0 Å². The molecule has 1 saturated heterocycles. The van der Waals surface area contributed by atoms with Crippen molar-refractivity contribution < 1.29 is 18.0 Å². The van der Waals surface area contributed by atoms with Gasteiger partial charge in [0, 0.05) is 59.5 Å². The van der Waals surface area contributed by atoms with E-state index in [1.54, 1.807) is 47.2 Å². The molecule has 3 aromatic heterocycles. The molecular formula is C23H23F3N8OS. The van der Waals surface area contributed by atoms with Gasteiger partial charge in [-0.15, -0.1) is 11.3 Å². The van der Waals surface area contributed by atoms with Crippen LogP contribution in [0.4, 0.5) is 19.0 Å². The van der Waals surface area contributed by atoms with Crippen molar-refractivity contribution >= 4 is 23.1 Å². The molecule has 5 rings (SSSR count). The standard InChI is InChI=1S/C23H23F3N8OS/c1-12-6-20(31-30-12)34-19(8-18(32-34)15-9-27-33(3)10-15)29-21(35)14-4-5-17(23(24,25)26)16(7-14)22-28-13(2)11-36-22/h4-5,7-12,20,30-31H,6H2,1-3H3,(H,29,35). The van der Waals surface area contributed by atoms with Crippen LogP contribution in [-0.2, 0) is 13.2 Å². The van der Waals surface area contributed by atoms with E-state index >= 15 is 0 Å². The van der Waals surface area contributed by atoms with Crippen LogP contribution in [0.2, 0.25) is 0 Å². The van der Waals surface area contributed by atoms with E-state index < -0.39 is 17.6 Å². The van der Waals surface area contributed by atoms with Crippen LogP contribution in [0.25, 0.3) is 21.8 Å². The van der Waals surface area contributed by atoms with Gasteiger partial charge in [0.1, 0.15) is 17.0 Å². The Bertz CT molecular complexity index is 1420. The number of hydrogen-bond donors (Lipinski definition) is 3. The average molecular weight is 517 g/mol. The zero-order chi connectivity index (χ0) is 25.6. The summed E-state index contributed by atoms with van der Waals surface area (Å²) in [6, 6.07) is 5.22. The van der Waals surface area contributed by atoms with Crippen molar-refractivity contribution in [1.29, 1.82) is 0 Å². The molecule has 1 aliphatic rings. The molecule has 1 aliphatic heterocycles. The summed E-state index contributed by atoms with van der Waals surface area (Å²) in [5.41, 5.74) is 7.36. The third-order valence-corrected chi connectivity index (χ3v) is 6.78. The van der Waals surface area contributed by atoms with Crippen LogP contribution in [-0.4, -0.2) is 36.5 Å². The van der Waals surface area contributed by atoms with Gasteiger partial charge in [0.05, 0.1) is 17.5 Å². The van der Waals surface area contributed by atoms with E-state index in [2.05, 4.69) is 31.3 Å². The fourth-order valence-electron chi connectivity index (χ4n) is 4.05. The number of aryl methyl sites for hydroxylation is 2. The Balaban J connectivity index is 1.50. The first-order valence-electron chi connectivity index (χ1n) is 11.1. The number of carbonyl (C=O) groups excluding carboxylic acids is 1. The van der Waals surface area contributed by atoms with Crippen LogP contribution < -0.4 is 16.2 Å². The molecule has 4 aromatic rings. The molecule has 2 unspecified atom stereocenters. The highest BCUT2D eigenvalue weighted by Crippen LogP contribution is 2.39. The minimum atomic E-state index is -4.58. The number of hydrazine groups is 1. The molecule has 9 nitrogen and oxygen atoms in total. The Morgan fingerprint density at radius 2 is 2.06 bits per heavy atom. The second-order valence-corrected chi connectivity index (χ2v) is 9.57. The van der Waals surface area contributed by atoms with Crippen LogP contribution >= 0.6 is 11.3 Å². The van der Waals surface area contributed by atoms with Crippen molar-refractivity contribution in [2.45, 2.75) is 38.7 Å². The maximum atomic E-state index is 13.7. The van der Waals surface area contributed by atoms with E-state index in [0.29, 0.717) is 23.6 Å². The number of nitrogens with zero attached hydrogens (tertiary/aromatic N) is 5. The third kappa shape index (κ3) is 4.76. The van der Waals surface area contributed by atoms with Gasteiger partial charge in [0.2, 0.25) is 0 Å². The predicted molar refractivity (Wildman–Crippen MR) is 129 cm³/mol. The van der Waals surface area contributed by atoms with Crippen LogP contribution in [0, 0.1) is 6.92 Å². The minimum absolute atomic E-state index is 0.0763. The average Bonchev–Trinajstić information content (AvgIpc) is 3.61. The molecule has 0 saturated carbocycles. The maximum Gasteiger partial charge on any atom is 0.417 e. The molecule has 188 valence electrons. The minimum Gasteiger partial charge on any atom is -0.307 e. The van der Waals surface area contributed by atoms with Crippen LogP contribution in [0.1, 0.15) is 41.1 Å². The van der Waals surface area contributed by atoms with Gasteiger partial charge < -0.3 is 5.32 Å². The molecule has 4 heterocycles. The van der Waals surface area contributed by atoms with Crippen molar-refractivity contribution in [2.24, 2.45) is 7.05 Å². The maximum absolute atomic E-state index is 13.7. The summed E-state index contributed by atoms with van der Waals surface area (Å²) in [5, 5.41) is 13.5. The van der Waals surface area contributed by atoms with E-state index in [0.717, 1.165) is 23.0 Å². The van der Waals surface area contributed by atoms with E-state index in [-0.39, 0.29) is 28.3 Å². The Morgan fingerprint density at radius 1 is 1.25 bits per heavy atom. The first kappa shape index (κ1) is 24.2. The number of halogens is 3. The Hall–Kier alpha value is -3.55. The van der Waals surface area contributed by atoms with Crippen molar-refractivity contribution in [2.75, 3.05) is 5.32 Å². The van der Waals surface area contributed by atoms with Gasteiger partial charge in [-0.25, -0.2) is 15.1 Å². The number of rotatable bonds is 5. The SMILES string of the molecule is Cc1csc(-c2cc(C(=O)Nc3cc(-c4cnn(C)c4)nn3C3CC(C)NN3)ccc2C(F)(F)F)n1. The number of amides is 1. The van der Waals surface area contributed by atoms with Gasteiger partial charge in [0.15, 0.2) is 0 Å². The van der Waals surface area contributed by atoms with Gasteiger partial charge in [-0.1, -0.05) is 0 Å². The van der Waals surface area contributed by atoms with Gasteiger partial charge in [-0.05, 0) is 32.0 Å². The molecule has 2 atom stereocenters. The quantitative estimate of drug-likeness (QED) is 0.364. The summed E-state index contributed by atoms with van der Waals surface area (Å²) in [6.45, 7) is 3.72. The fourth-order valence-corrected chi connectivity index (χ4v) is 4.88. The van der Waals surface area contributed by atoms with E-state index in [1.807, 2.05) is 6.92 Å². The topological polar surface area (TPSA) is 102 Å². The molecule has 36 heavy (non-hydrogen) atoms. The molecule has 1 aromatic carbocycles. The lowest BCUT2D eigenvalue weighted by Crippen LogP contribution is -2.32. The summed E-state index contributed by atoms with van der Waals surface area (Å²) >= 11 is 1.10. The van der Waals surface area contributed by atoms with Crippen LogP contribution in [0.15, 0.2) is 42.0 Å². The molecule has 0 spiro atoms. The van der Waals surface area contributed by atoms with Gasteiger partial charge >= 0.3 is 6.18 Å². The van der Waals surface area contributed by atoms with Crippen LogP contribution in [0.5, 0.6) is 0 Å². The normalized spacial score (nSPS) is 18.1. The largest absolute Gasteiger partial charge is 0.417 e. The Labute approximate surface area is 208 Å². The molecular weight excluding hydrogens is 493 g/mol. The molecule has 0 bridgehead atoms. The number of hydrogen-bond acceptors (Lipinski definition) is 7. The van der Waals surface area contributed by atoms with E-state index in [1.165, 1.54) is 12.1 Å². The van der Waals surface area contributed by atoms with Crippen molar-refractivity contribution in [1.82, 2.24) is 35.4 Å². The smallest absolute Gasteiger partial charge is 0.307 e. The van der Waals surface area contributed by atoms with Crippen LogP contribution in [0.3, 0.4) is 0 Å². The molecule has 1 amide bonds. The van der Waals surface area contributed by atoms with E-state index in [4.69, 9.17) is 0 Å². The Kier molecular flexibility index (Phi) is 6.14. The number of nitrogens with one attached hydrogen (secondary N) is 3. The van der Waals surface area contributed by atoms with Gasteiger partial charge in [-0.2, -0.15) is 23.4 Å². The number of anilines is 1. The fraction of sp³-hybridized carbons (Fsp3) is 0.304. The second kappa shape index (κ2) is 9.15. The number of alkyl halides is 3. The van der Waals surface area contributed by atoms with E-state index in [9.17, 15) is 18.0 Å². The summed E-state index contributed by atoms with van der Waals surface area (Å²) in [5.74, 6) is -0.157. The summed E-state index contributed by atoms with van der Waals surface area (Å²) in [6.07, 6.45) is -0.634. The molecule has 3 N–H and O–H groups in total. The lowest BCUT2D eigenvalue weighted by molar-refractivity contribution is -0.137. The number of aromatic nitrogens is 5. The number of benzene rings is 1. The Morgan fingerprint density at radius 3 is 2.67 bits per heavy atom. The van der Waals surface area contributed by atoms with Crippen molar-refractivity contribution in [3.8, 4) is 21.8 Å². The summed E-state index contributed by atoms with van der Waals surface area (Å²) in [7, 11) is 1.79. The molecule has 0 radical (unpaired) electrons. The first-order chi connectivity index (χ1) is 17.1. The molecule has 1 fully saturated rings. The highest BCUT2D eigenvalue weighted by Gasteiger charge is 2.35. The second-order valence-electron chi connectivity index (χ2n) is 8.71. The lowest BCUT2D eigenvalue weighted by atomic mass is 10.0. The third-order valence-electron chi connectivity index (χ3n) is 5.78. The van der Waals surface area contributed by atoms with Gasteiger partial charge in [-0.3, -0.25) is 14.9 Å². The van der Waals surface area contributed by atoms with Crippen molar-refractivity contribution in [3.05, 3.63) is 58.9 Å². The summed E-state index contributed by atoms with van der Waals surface area (Å²) in [4.78, 5) is 17.4. The molecule has 0 aliphatic carbocycles. The highest BCUT2D eigenvalue weighted by atomic mass is 32.1. The van der Waals surface area contributed by atoms with Gasteiger partial charge in [0.25, 0.3) is 5.91 Å². The highest BCUT2D eigenvalue weighted by molar-refractivity contribution is 7.13. The summed E-state index contributed by atoms with van der Waals surface area (Å²) < 4.78 is 44.4. The predicted octanol–water partition coefficient (Wildman–Crippen LogP) is 4.37. The number of carbonyl (C=O) groups is 1. The lowest BCUT2D eigenvalue weighted by Gasteiger charge is -2.16.